The first-order valence-corrected chi connectivity index (χ1v) is 8.50. The quantitative estimate of drug-likeness (QED) is 0.672. The van der Waals surface area contributed by atoms with E-state index in [0.717, 1.165) is 0 Å². The van der Waals surface area contributed by atoms with Crippen molar-refractivity contribution in [3.63, 3.8) is 0 Å². The van der Waals surface area contributed by atoms with Gasteiger partial charge in [0.25, 0.3) is 5.91 Å². The second-order valence-electron chi connectivity index (χ2n) is 5.73. The zero-order valence-corrected chi connectivity index (χ0v) is 15.0. The molecule has 1 amide bonds. The first-order valence-electron chi connectivity index (χ1n) is 8.13. The van der Waals surface area contributed by atoms with Crippen LogP contribution in [0.4, 0.5) is 0 Å². The number of aliphatic carboxylic acids is 1. The molecule has 1 heterocycles. The molecule has 0 fully saturated rings. The summed E-state index contributed by atoms with van der Waals surface area (Å²) in [7, 11) is 0. The smallest absolute Gasteiger partial charge is 0.308 e. The van der Waals surface area contributed by atoms with E-state index >= 15 is 0 Å². The summed E-state index contributed by atoms with van der Waals surface area (Å²) in [5.74, 6) is -1.10. The summed E-state index contributed by atoms with van der Waals surface area (Å²) in [6, 6.07) is 3.08. The number of fused-ring (bicyclic) bond motifs is 1. The normalized spacial score (nSPS) is 13.6. The van der Waals surface area contributed by atoms with Crippen LogP contribution in [0.1, 0.15) is 30.6 Å². The predicted octanol–water partition coefficient (Wildman–Crippen LogP) is 2.66. The van der Waals surface area contributed by atoms with E-state index in [1.54, 1.807) is 13.0 Å². The monoisotopic (exact) mass is 371 g/mol. The van der Waals surface area contributed by atoms with Gasteiger partial charge in [0.15, 0.2) is 11.5 Å². The van der Waals surface area contributed by atoms with Crippen LogP contribution in [0.2, 0.25) is 5.02 Å². The zero-order valence-electron chi connectivity index (χ0n) is 14.3. The second-order valence-corrected chi connectivity index (χ2v) is 6.14. The minimum absolute atomic E-state index is 0.0564. The second kappa shape index (κ2) is 8.92. The topological polar surface area (TPSA) is 85.3 Å². The van der Waals surface area contributed by atoms with E-state index in [1.165, 1.54) is 11.0 Å². The number of carbonyl (C=O) groups excluding carboxylic acids is 1. The Kier molecular flexibility index (Phi) is 6.90. The Morgan fingerprint density at radius 1 is 1.40 bits per heavy atom. The van der Waals surface area contributed by atoms with Gasteiger partial charge >= 0.3 is 5.97 Å². The Hall–Kier alpha value is -1.99. The number of hydrogen-bond acceptors (Lipinski definition) is 5. The van der Waals surface area contributed by atoms with Crippen LogP contribution in [0.25, 0.3) is 0 Å². The maximum absolute atomic E-state index is 12.9. The van der Waals surface area contributed by atoms with Crippen LogP contribution in [-0.2, 0) is 9.53 Å². The zero-order chi connectivity index (χ0) is 18.4. The van der Waals surface area contributed by atoms with Gasteiger partial charge in [0.1, 0.15) is 0 Å². The summed E-state index contributed by atoms with van der Waals surface area (Å²) >= 11 is 6.14. The van der Waals surface area contributed by atoms with Crippen LogP contribution in [0.3, 0.4) is 0 Å². The third kappa shape index (κ3) is 4.99. The number of ether oxygens (including phenoxy) is 3. The summed E-state index contributed by atoms with van der Waals surface area (Å²) in [6.07, 6.45) is 0.615. The first kappa shape index (κ1) is 19.3. The highest BCUT2D eigenvalue weighted by Gasteiger charge is 2.25. The van der Waals surface area contributed by atoms with E-state index in [-0.39, 0.29) is 19.2 Å². The molecule has 8 heteroatoms. The molecule has 2 rings (SSSR count). The fourth-order valence-corrected chi connectivity index (χ4v) is 2.72. The summed E-state index contributed by atoms with van der Waals surface area (Å²) < 4.78 is 15.8. The number of halogens is 1. The Bertz CT molecular complexity index is 636. The van der Waals surface area contributed by atoms with Crippen molar-refractivity contribution in [3.8, 4) is 11.5 Å². The molecule has 0 spiro atoms. The van der Waals surface area contributed by atoms with Crippen molar-refractivity contribution in [1.29, 1.82) is 0 Å². The molecule has 7 nitrogen and oxygen atoms in total. The van der Waals surface area contributed by atoms with Crippen molar-refractivity contribution in [2.75, 3.05) is 33.1 Å². The molecule has 0 aromatic heterocycles. The van der Waals surface area contributed by atoms with Crippen molar-refractivity contribution in [2.45, 2.75) is 20.3 Å². The predicted molar refractivity (Wildman–Crippen MR) is 91.4 cm³/mol. The maximum atomic E-state index is 12.9. The maximum Gasteiger partial charge on any atom is 0.308 e. The number of carbonyl (C=O) groups is 2. The Morgan fingerprint density at radius 3 is 2.84 bits per heavy atom. The van der Waals surface area contributed by atoms with Crippen molar-refractivity contribution in [1.82, 2.24) is 4.90 Å². The molecule has 1 N–H and O–H groups in total. The molecule has 0 saturated heterocycles. The Morgan fingerprint density at radius 2 is 2.16 bits per heavy atom. The summed E-state index contributed by atoms with van der Waals surface area (Å²) in [5, 5.41) is 9.43. The van der Waals surface area contributed by atoms with E-state index in [9.17, 15) is 9.59 Å². The van der Waals surface area contributed by atoms with Gasteiger partial charge < -0.3 is 24.2 Å². The van der Waals surface area contributed by atoms with E-state index in [1.807, 2.05) is 6.92 Å². The minimum atomic E-state index is -0.952. The molecule has 0 bridgehead atoms. The van der Waals surface area contributed by atoms with Crippen molar-refractivity contribution >= 4 is 23.5 Å². The fourth-order valence-electron chi connectivity index (χ4n) is 2.46. The standard InChI is InChI=1S/C17H22ClNO6/c1-3-23-6-4-5-19(9-11(2)17(21)22)16(20)12-7-13(18)15-14(8-12)24-10-25-15/h7-8,11H,3-6,9-10H2,1-2H3,(H,21,22). The number of hydrogen-bond donors (Lipinski definition) is 1. The average molecular weight is 372 g/mol. The summed E-state index contributed by atoms with van der Waals surface area (Å²) in [4.78, 5) is 25.5. The van der Waals surface area contributed by atoms with E-state index in [0.29, 0.717) is 48.3 Å². The van der Waals surface area contributed by atoms with Gasteiger partial charge in [-0.3, -0.25) is 9.59 Å². The Balaban J connectivity index is 2.15. The third-order valence-corrected chi connectivity index (χ3v) is 4.08. The van der Waals surface area contributed by atoms with Gasteiger partial charge in [0, 0.05) is 31.9 Å². The van der Waals surface area contributed by atoms with Gasteiger partial charge in [-0.05, 0) is 25.5 Å². The van der Waals surface area contributed by atoms with Gasteiger partial charge in [-0.1, -0.05) is 18.5 Å². The van der Waals surface area contributed by atoms with Crippen LogP contribution in [0.5, 0.6) is 11.5 Å². The molecule has 0 aliphatic carbocycles. The molecule has 0 saturated carbocycles. The number of carboxylic acid groups (broad SMARTS) is 1. The lowest BCUT2D eigenvalue weighted by Crippen LogP contribution is -2.38. The lowest BCUT2D eigenvalue weighted by atomic mass is 10.1. The van der Waals surface area contributed by atoms with Crippen LogP contribution < -0.4 is 9.47 Å². The number of carboxylic acids is 1. The molecule has 1 unspecified atom stereocenters. The molecule has 1 aliphatic rings. The van der Waals surface area contributed by atoms with Gasteiger partial charge in [-0.15, -0.1) is 0 Å². The first-order chi connectivity index (χ1) is 11.9. The minimum Gasteiger partial charge on any atom is -0.481 e. The molecule has 138 valence electrons. The largest absolute Gasteiger partial charge is 0.481 e. The lowest BCUT2D eigenvalue weighted by Gasteiger charge is -2.25. The number of nitrogens with zero attached hydrogens (tertiary/aromatic N) is 1. The summed E-state index contributed by atoms with van der Waals surface area (Å²) in [6.45, 7) is 5.11. The van der Waals surface area contributed by atoms with Gasteiger partial charge in [0.05, 0.1) is 10.9 Å². The molecular formula is C17H22ClNO6. The number of benzene rings is 1. The average Bonchev–Trinajstić information content (AvgIpc) is 3.05. The molecule has 25 heavy (non-hydrogen) atoms. The van der Waals surface area contributed by atoms with Crippen LogP contribution in [-0.4, -0.2) is 55.0 Å². The molecule has 0 radical (unpaired) electrons. The Labute approximate surface area is 151 Å². The lowest BCUT2D eigenvalue weighted by molar-refractivity contribution is -0.141. The van der Waals surface area contributed by atoms with Gasteiger partial charge in [-0.25, -0.2) is 0 Å². The van der Waals surface area contributed by atoms with Crippen molar-refractivity contribution in [3.05, 3.63) is 22.7 Å². The van der Waals surface area contributed by atoms with E-state index in [2.05, 4.69) is 0 Å². The highest BCUT2D eigenvalue weighted by molar-refractivity contribution is 6.32. The van der Waals surface area contributed by atoms with Crippen molar-refractivity contribution in [2.24, 2.45) is 5.92 Å². The molecular weight excluding hydrogens is 350 g/mol. The summed E-state index contributed by atoms with van der Waals surface area (Å²) in [5.41, 5.74) is 0.336. The molecule has 1 aromatic carbocycles. The molecule has 1 atom stereocenters. The molecule has 1 aliphatic heterocycles. The fraction of sp³-hybridized carbons (Fsp3) is 0.529. The number of rotatable bonds is 9. The molecule has 1 aromatic rings. The third-order valence-electron chi connectivity index (χ3n) is 3.80. The van der Waals surface area contributed by atoms with Gasteiger partial charge in [0.2, 0.25) is 6.79 Å². The van der Waals surface area contributed by atoms with E-state index < -0.39 is 11.9 Å². The van der Waals surface area contributed by atoms with Crippen molar-refractivity contribution < 1.29 is 28.9 Å². The number of amides is 1. The van der Waals surface area contributed by atoms with Gasteiger partial charge in [-0.2, -0.15) is 0 Å². The van der Waals surface area contributed by atoms with E-state index in [4.69, 9.17) is 30.9 Å². The highest BCUT2D eigenvalue weighted by atomic mass is 35.5. The highest BCUT2D eigenvalue weighted by Crippen LogP contribution is 2.40. The van der Waals surface area contributed by atoms with Crippen LogP contribution in [0, 0.1) is 5.92 Å². The SMILES string of the molecule is CCOCCCN(CC(C)C(=O)O)C(=O)c1cc(Cl)c2c(c1)OCO2. The van der Waals surface area contributed by atoms with Crippen LogP contribution >= 0.6 is 11.6 Å². The van der Waals surface area contributed by atoms with Crippen LogP contribution in [0.15, 0.2) is 12.1 Å².